The molecular formula is C13H25NO5P+. The van der Waals surface area contributed by atoms with Crippen LogP contribution in [-0.4, -0.2) is 74.5 Å². The first kappa shape index (κ1) is 19.2. The van der Waals surface area contributed by atoms with Crippen LogP contribution >= 0.6 is 8.15 Å². The van der Waals surface area contributed by atoms with E-state index in [1.165, 1.54) is 0 Å². The maximum absolute atomic E-state index is 11.7. The molecule has 0 fully saturated rings. The molecule has 0 saturated heterocycles. The Bertz CT molecular complexity index is 351. The topological polar surface area (TPSA) is 72.8 Å². The van der Waals surface area contributed by atoms with Crippen molar-refractivity contribution in [1.29, 1.82) is 0 Å². The molecule has 0 heterocycles. The molecule has 0 bridgehead atoms. The lowest BCUT2D eigenvalue weighted by atomic mass is 10.4. The summed E-state index contributed by atoms with van der Waals surface area (Å²) in [7, 11) is 4.04. The molecule has 20 heavy (non-hydrogen) atoms. The Labute approximate surface area is 121 Å². The van der Waals surface area contributed by atoms with Crippen molar-refractivity contribution in [3.63, 3.8) is 0 Å². The first-order valence-electron chi connectivity index (χ1n) is 6.33. The van der Waals surface area contributed by atoms with Crippen molar-refractivity contribution in [2.45, 2.75) is 6.92 Å². The Balaban J connectivity index is 3.67. The molecule has 0 radical (unpaired) electrons. The van der Waals surface area contributed by atoms with E-state index in [0.717, 1.165) is 0 Å². The van der Waals surface area contributed by atoms with Crippen LogP contribution < -0.4 is 0 Å². The Hall–Kier alpha value is -0.810. The summed E-state index contributed by atoms with van der Waals surface area (Å²) in [5.41, 5.74) is 0.208. The molecule has 0 amide bonds. The molecule has 1 atom stereocenters. The predicted molar refractivity (Wildman–Crippen MR) is 78.5 cm³/mol. The summed E-state index contributed by atoms with van der Waals surface area (Å²) >= 11 is 0. The third kappa shape index (κ3) is 10.0. The fraction of sp³-hybridized carbons (Fsp3) is 0.692. The average molecular weight is 306 g/mol. The summed E-state index contributed by atoms with van der Waals surface area (Å²) in [6.45, 7) is 5.99. The molecule has 1 unspecified atom stereocenters. The van der Waals surface area contributed by atoms with Crippen molar-refractivity contribution in [3.8, 4) is 0 Å². The normalized spacial score (nSPS) is 12.8. The molecule has 0 aromatic carbocycles. The summed E-state index contributed by atoms with van der Waals surface area (Å²) in [6.07, 6.45) is 0.308. The second-order valence-corrected chi connectivity index (χ2v) is 7.24. The van der Waals surface area contributed by atoms with Crippen molar-refractivity contribution >= 4 is 19.6 Å². The van der Waals surface area contributed by atoms with Crippen LogP contribution in [0.2, 0.25) is 0 Å². The van der Waals surface area contributed by atoms with Gasteiger partial charge < -0.3 is 18.9 Å². The molecular weight excluding hydrogens is 281 g/mol. The van der Waals surface area contributed by atoms with Gasteiger partial charge in [-0.1, -0.05) is 6.58 Å². The third-order valence-corrected chi connectivity index (χ3v) is 3.48. The number of carbonyl (C=O) groups is 2. The highest BCUT2D eigenvalue weighted by Crippen LogP contribution is 2.30. The van der Waals surface area contributed by atoms with E-state index in [1.54, 1.807) is 6.92 Å². The van der Waals surface area contributed by atoms with Crippen LogP contribution in [0.5, 0.6) is 0 Å². The van der Waals surface area contributed by atoms with Gasteiger partial charge in [-0.3, -0.25) is 4.79 Å². The van der Waals surface area contributed by atoms with Gasteiger partial charge in [-0.2, -0.15) is 0 Å². The molecule has 0 rings (SSSR count). The molecule has 0 spiro atoms. The van der Waals surface area contributed by atoms with E-state index in [2.05, 4.69) is 6.58 Å². The van der Waals surface area contributed by atoms with Gasteiger partial charge in [0.05, 0.1) is 34.4 Å². The molecule has 0 aliphatic heterocycles. The van der Waals surface area contributed by atoms with Crippen LogP contribution in [0, 0.1) is 0 Å². The number of nitrogens with zero attached hydrogens (tertiary/aromatic N) is 1. The zero-order valence-corrected chi connectivity index (χ0v) is 13.6. The molecule has 0 saturated carbocycles. The van der Waals surface area contributed by atoms with Crippen LogP contribution in [0.3, 0.4) is 0 Å². The van der Waals surface area contributed by atoms with E-state index in [4.69, 9.17) is 9.47 Å². The Kier molecular flexibility index (Phi) is 8.81. The van der Waals surface area contributed by atoms with Gasteiger partial charge in [0.15, 0.2) is 0 Å². The predicted octanol–water partition coefficient (Wildman–Crippen LogP) is 0.744. The molecule has 6 nitrogen and oxygen atoms in total. The van der Waals surface area contributed by atoms with Gasteiger partial charge in [0.1, 0.15) is 21.3 Å². The van der Waals surface area contributed by atoms with Crippen LogP contribution in [0.25, 0.3) is 0 Å². The summed E-state index contributed by atoms with van der Waals surface area (Å²) in [5.74, 6) is -0.448. The van der Waals surface area contributed by atoms with E-state index < -0.39 is 14.1 Å². The Morgan fingerprint density at radius 1 is 1.20 bits per heavy atom. The summed E-state index contributed by atoms with van der Waals surface area (Å²) in [6, 6.07) is 0. The van der Waals surface area contributed by atoms with Crippen molar-refractivity contribution in [1.82, 2.24) is 0 Å². The average Bonchev–Trinajstić information content (AvgIpc) is 2.30. The molecule has 0 aromatic rings. The highest BCUT2D eigenvalue weighted by molar-refractivity contribution is 7.69. The lowest BCUT2D eigenvalue weighted by Crippen LogP contribution is -2.39. The number of quaternary nitrogens is 1. The zero-order valence-electron chi connectivity index (χ0n) is 12.7. The van der Waals surface area contributed by atoms with Gasteiger partial charge in [-0.05, 0) is 6.92 Å². The lowest BCUT2D eigenvalue weighted by Gasteiger charge is -2.23. The number of ether oxygens (including phenoxy) is 2. The Morgan fingerprint density at radius 2 is 1.80 bits per heavy atom. The van der Waals surface area contributed by atoms with E-state index >= 15 is 0 Å². The number of esters is 1. The second-order valence-electron chi connectivity index (χ2n) is 5.49. The number of hydrogen-bond acceptors (Lipinski definition) is 5. The summed E-state index contributed by atoms with van der Waals surface area (Å²) < 4.78 is 10.5. The molecule has 0 aliphatic rings. The highest BCUT2D eigenvalue weighted by Gasteiger charge is 2.22. The minimum absolute atomic E-state index is 0.134. The molecule has 0 aromatic heterocycles. The van der Waals surface area contributed by atoms with Gasteiger partial charge in [-0.25, -0.2) is 4.79 Å². The Morgan fingerprint density at radius 3 is 2.30 bits per heavy atom. The quantitative estimate of drug-likeness (QED) is 0.212. The highest BCUT2D eigenvalue weighted by atomic mass is 31.1. The standard InChI is InChI=1S/C13H25NO5P/c1-11(2)13(16)19-7-6-18-8-9-20(17)12(15)10-14(3,4)5/h17H,1,6-10H2,2-5H3/q+1. The van der Waals surface area contributed by atoms with Gasteiger partial charge in [0.25, 0.3) is 0 Å². The molecule has 1 N–H and O–H groups in total. The van der Waals surface area contributed by atoms with E-state index in [1.807, 2.05) is 21.1 Å². The fourth-order valence-corrected chi connectivity index (χ4v) is 2.32. The van der Waals surface area contributed by atoms with E-state index in [9.17, 15) is 14.5 Å². The van der Waals surface area contributed by atoms with Crippen molar-refractivity contribution in [3.05, 3.63) is 12.2 Å². The van der Waals surface area contributed by atoms with Crippen molar-refractivity contribution in [2.75, 3.05) is 53.7 Å². The monoisotopic (exact) mass is 306 g/mol. The molecule has 116 valence electrons. The van der Waals surface area contributed by atoms with Crippen LogP contribution in [0.4, 0.5) is 0 Å². The smallest absolute Gasteiger partial charge is 0.333 e. The number of rotatable bonds is 10. The fourth-order valence-electron chi connectivity index (χ4n) is 1.18. The van der Waals surface area contributed by atoms with Crippen molar-refractivity contribution in [2.24, 2.45) is 0 Å². The van der Waals surface area contributed by atoms with Gasteiger partial charge in [0.2, 0.25) is 5.52 Å². The van der Waals surface area contributed by atoms with Crippen LogP contribution in [0.15, 0.2) is 12.2 Å². The SMILES string of the molecule is C=C(C)C(=O)OCCOCCP(O)C(=O)C[N+](C)(C)C. The zero-order chi connectivity index (χ0) is 15.8. The largest absolute Gasteiger partial charge is 0.460 e. The van der Waals surface area contributed by atoms with E-state index in [0.29, 0.717) is 22.8 Å². The van der Waals surface area contributed by atoms with Gasteiger partial charge in [0, 0.05) is 11.7 Å². The summed E-state index contributed by atoms with van der Waals surface area (Å²) in [5, 5.41) is 0. The third-order valence-electron chi connectivity index (χ3n) is 2.15. The van der Waals surface area contributed by atoms with Crippen LogP contribution in [0.1, 0.15) is 6.92 Å². The minimum Gasteiger partial charge on any atom is -0.460 e. The molecule has 7 heteroatoms. The van der Waals surface area contributed by atoms with Crippen molar-refractivity contribution < 1.29 is 28.4 Å². The lowest BCUT2D eigenvalue weighted by molar-refractivity contribution is -0.861. The second kappa shape index (κ2) is 9.19. The number of likely N-dealkylation sites (N-methyl/N-ethyl adjacent to an activating group) is 1. The molecule has 0 aliphatic carbocycles. The van der Waals surface area contributed by atoms with Gasteiger partial charge >= 0.3 is 5.97 Å². The van der Waals surface area contributed by atoms with Crippen LogP contribution in [-0.2, 0) is 19.1 Å². The maximum atomic E-state index is 11.7. The maximum Gasteiger partial charge on any atom is 0.333 e. The van der Waals surface area contributed by atoms with E-state index in [-0.39, 0.29) is 25.3 Å². The van der Waals surface area contributed by atoms with Gasteiger partial charge in [-0.15, -0.1) is 0 Å². The first-order valence-corrected chi connectivity index (χ1v) is 7.81. The minimum atomic E-state index is -1.65. The first-order chi connectivity index (χ1) is 9.13. The number of hydrogen-bond donors (Lipinski definition) is 1. The number of carbonyl (C=O) groups excluding carboxylic acids is 2. The summed E-state index contributed by atoms with van der Waals surface area (Å²) in [4.78, 5) is 32.4.